The SMILES string of the molecule is CCC1C(=O)NC2(CCCC2)C(=O)N1CCOC. The van der Waals surface area contributed by atoms with Gasteiger partial charge in [0.1, 0.15) is 11.6 Å². The van der Waals surface area contributed by atoms with Crippen LogP contribution in [0.2, 0.25) is 0 Å². The molecule has 0 bridgehead atoms. The van der Waals surface area contributed by atoms with Crippen molar-refractivity contribution in [1.29, 1.82) is 0 Å². The summed E-state index contributed by atoms with van der Waals surface area (Å²) in [5, 5.41) is 2.98. The number of ether oxygens (including phenoxy) is 1. The monoisotopic (exact) mass is 254 g/mol. The van der Waals surface area contributed by atoms with Crippen LogP contribution >= 0.6 is 0 Å². The number of rotatable bonds is 4. The lowest BCUT2D eigenvalue weighted by molar-refractivity contribution is -0.155. The van der Waals surface area contributed by atoms with Crippen LogP contribution in [0, 0.1) is 0 Å². The fourth-order valence-electron chi connectivity index (χ4n) is 3.10. The molecule has 1 saturated carbocycles. The molecule has 1 unspecified atom stereocenters. The fraction of sp³-hybridized carbons (Fsp3) is 0.846. The maximum absolute atomic E-state index is 12.6. The van der Waals surface area contributed by atoms with E-state index < -0.39 is 5.54 Å². The first-order valence-electron chi connectivity index (χ1n) is 6.76. The van der Waals surface area contributed by atoms with Crippen molar-refractivity contribution in [2.75, 3.05) is 20.3 Å². The molecule has 1 heterocycles. The van der Waals surface area contributed by atoms with Crippen molar-refractivity contribution in [3.05, 3.63) is 0 Å². The van der Waals surface area contributed by atoms with E-state index in [1.54, 1.807) is 12.0 Å². The first-order valence-corrected chi connectivity index (χ1v) is 6.76. The van der Waals surface area contributed by atoms with E-state index in [1.807, 2.05) is 6.92 Å². The van der Waals surface area contributed by atoms with Crippen LogP contribution in [-0.4, -0.2) is 48.6 Å². The van der Waals surface area contributed by atoms with Gasteiger partial charge in [0.2, 0.25) is 11.8 Å². The van der Waals surface area contributed by atoms with Gasteiger partial charge >= 0.3 is 0 Å². The predicted octanol–water partition coefficient (Wildman–Crippen LogP) is 0.683. The third-order valence-electron chi connectivity index (χ3n) is 4.09. The average molecular weight is 254 g/mol. The quantitative estimate of drug-likeness (QED) is 0.802. The number of hydrogen-bond acceptors (Lipinski definition) is 3. The van der Waals surface area contributed by atoms with Gasteiger partial charge in [-0.2, -0.15) is 0 Å². The minimum Gasteiger partial charge on any atom is -0.383 e. The number of amides is 2. The Morgan fingerprint density at radius 1 is 1.39 bits per heavy atom. The molecule has 1 aliphatic carbocycles. The third-order valence-corrected chi connectivity index (χ3v) is 4.09. The van der Waals surface area contributed by atoms with Crippen LogP contribution in [0.1, 0.15) is 39.0 Å². The van der Waals surface area contributed by atoms with Crippen LogP contribution < -0.4 is 5.32 Å². The largest absolute Gasteiger partial charge is 0.383 e. The normalized spacial score (nSPS) is 26.8. The lowest BCUT2D eigenvalue weighted by Crippen LogP contribution is -2.69. The van der Waals surface area contributed by atoms with Crippen molar-refractivity contribution < 1.29 is 14.3 Å². The van der Waals surface area contributed by atoms with E-state index in [0.29, 0.717) is 19.6 Å². The highest BCUT2D eigenvalue weighted by molar-refractivity contribution is 6.00. The second kappa shape index (κ2) is 5.26. The van der Waals surface area contributed by atoms with Crippen LogP contribution in [0.15, 0.2) is 0 Å². The molecule has 5 nitrogen and oxygen atoms in total. The molecule has 0 aromatic rings. The van der Waals surface area contributed by atoms with Crippen molar-refractivity contribution >= 4 is 11.8 Å². The van der Waals surface area contributed by atoms with Gasteiger partial charge in [0, 0.05) is 13.7 Å². The zero-order valence-electron chi connectivity index (χ0n) is 11.2. The molecule has 0 aromatic heterocycles. The summed E-state index contributed by atoms with van der Waals surface area (Å²) < 4.78 is 5.05. The van der Waals surface area contributed by atoms with Crippen molar-refractivity contribution in [2.24, 2.45) is 0 Å². The standard InChI is InChI=1S/C13H22N2O3/c1-3-10-11(16)14-13(6-4-5-7-13)12(17)15(10)8-9-18-2/h10H,3-9H2,1-2H3,(H,14,16). The summed E-state index contributed by atoms with van der Waals surface area (Å²) >= 11 is 0. The Balaban J connectivity index is 2.20. The third kappa shape index (κ3) is 2.11. The van der Waals surface area contributed by atoms with Crippen molar-refractivity contribution in [2.45, 2.75) is 50.6 Å². The van der Waals surface area contributed by atoms with Gasteiger partial charge in [-0.1, -0.05) is 19.8 Å². The number of hydrogen-bond donors (Lipinski definition) is 1. The Hall–Kier alpha value is -1.10. The predicted molar refractivity (Wildman–Crippen MR) is 67.0 cm³/mol. The number of methoxy groups -OCH3 is 1. The summed E-state index contributed by atoms with van der Waals surface area (Å²) in [6, 6.07) is -0.334. The summed E-state index contributed by atoms with van der Waals surface area (Å²) in [6.07, 6.45) is 4.23. The first kappa shape index (κ1) is 13.3. The maximum atomic E-state index is 12.6. The number of nitrogens with one attached hydrogen (secondary N) is 1. The molecular formula is C13H22N2O3. The van der Waals surface area contributed by atoms with E-state index in [4.69, 9.17) is 4.74 Å². The van der Waals surface area contributed by atoms with Crippen LogP contribution in [0.3, 0.4) is 0 Å². The van der Waals surface area contributed by atoms with E-state index >= 15 is 0 Å². The van der Waals surface area contributed by atoms with Crippen LogP contribution in [0.4, 0.5) is 0 Å². The minimum atomic E-state index is -0.615. The lowest BCUT2D eigenvalue weighted by Gasteiger charge is -2.44. The smallest absolute Gasteiger partial charge is 0.249 e. The number of nitrogens with zero attached hydrogens (tertiary/aromatic N) is 1. The van der Waals surface area contributed by atoms with Gasteiger partial charge in [-0.05, 0) is 19.3 Å². The molecule has 2 fully saturated rings. The highest BCUT2D eigenvalue weighted by Gasteiger charge is 2.51. The maximum Gasteiger partial charge on any atom is 0.249 e. The molecule has 102 valence electrons. The molecule has 1 aliphatic heterocycles. The van der Waals surface area contributed by atoms with Crippen molar-refractivity contribution in [1.82, 2.24) is 10.2 Å². The fourth-order valence-corrected chi connectivity index (χ4v) is 3.10. The topological polar surface area (TPSA) is 58.6 Å². The van der Waals surface area contributed by atoms with Gasteiger partial charge in [0.25, 0.3) is 0 Å². The Kier molecular flexibility index (Phi) is 3.90. The molecule has 2 rings (SSSR count). The molecule has 2 amide bonds. The molecule has 1 N–H and O–H groups in total. The zero-order chi connectivity index (χ0) is 13.2. The molecule has 5 heteroatoms. The Morgan fingerprint density at radius 3 is 2.61 bits per heavy atom. The molecule has 2 aliphatic rings. The van der Waals surface area contributed by atoms with E-state index in [0.717, 1.165) is 25.7 Å². The van der Waals surface area contributed by atoms with Crippen LogP contribution in [0.5, 0.6) is 0 Å². The molecule has 0 aromatic carbocycles. The van der Waals surface area contributed by atoms with Crippen molar-refractivity contribution in [3.63, 3.8) is 0 Å². The second-order valence-corrected chi connectivity index (χ2v) is 5.19. The number of carbonyl (C=O) groups excluding carboxylic acids is 2. The first-order chi connectivity index (χ1) is 8.64. The summed E-state index contributed by atoms with van der Waals surface area (Å²) in [6.45, 7) is 2.92. The zero-order valence-corrected chi connectivity index (χ0v) is 11.2. The van der Waals surface area contributed by atoms with Crippen molar-refractivity contribution in [3.8, 4) is 0 Å². The second-order valence-electron chi connectivity index (χ2n) is 5.19. The van der Waals surface area contributed by atoms with Gasteiger partial charge < -0.3 is 15.0 Å². The molecule has 0 radical (unpaired) electrons. The van der Waals surface area contributed by atoms with Gasteiger partial charge in [-0.15, -0.1) is 0 Å². The molecule has 18 heavy (non-hydrogen) atoms. The highest BCUT2D eigenvalue weighted by atomic mass is 16.5. The van der Waals surface area contributed by atoms with E-state index in [1.165, 1.54) is 0 Å². The molecule has 1 saturated heterocycles. The van der Waals surface area contributed by atoms with Gasteiger partial charge in [-0.3, -0.25) is 9.59 Å². The average Bonchev–Trinajstić information content (AvgIpc) is 2.81. The van der Waals surface area contributed by atoms with Gasteiger partial charge in [-0.25, -0.2) is 0 Å². The Bertz CT molecular complexity index is 337. The summed E-state index contributed by atoms with van der Waals surface area (Å²) in [5.41, 5.74) is -0.615. The van der Waals surface area contributed by atoms with E-state index in [2.05, 4.69) is 5.32 Å². The Morgan fingerprint density at radius 2 is 2.06 bits per heavy atom. The highest BCUT2D eigenvalue weighted by Crippen LogP contribution is 2.34. The molecule has 1 spiro atoms. The summed E-state index contributed by atoms with van der Waals surface area (Å²) in [4.78, 5) is 26.5. The van der Waals surface area contributed by atoms with E-state index in [-0.39, 0.29) is 17.9 Å². The molecular weight excluding hydrogens is 232 g/mol. The number of carbonyl (C=O) groups is 2. The summed E-state index contributed by atoms with van der Waals surface area (Å²) in [5.74, 6) is 0.0820. The van der Waals surface area contributed by atoms with Crippen LogP contribution in [-0.2, 0) is 14.3 Å². The molecule has 1 atom stereocenters. The van der Waals surface area contributed by atoms with Gasteiger partial charge in [0.15, 0.2) is 0 Å². The Labute approximate surface area is 108 Å². The van der Waals surface area contributed by atoms with Gasteiger partial charge in [0.05, 0.1) is 6.61 Å². The number of piperazine rings is 1. The minimum absolute atomic E-state index is 0.00453. The lowest BCUT2D eigenvalue weighted by atomic mass is 9.90. The van der Waals surface area contributed by atoms with E-state index in [9.17, 15) is 9.59 Å². The summed E-state index contributed by atoms with van der Waals surface area (Å²) in [7, 11) is 1.61. The van der Waals surface area contributed by atoms with Crippen LogP contribution in [0.25, 0.3) is 0 Å².